The fourth-order valence-corrected chi connectivity index (χ4v) is 1.51. The average Bonchev–Trinajstić information content (AvgIpc) is 2.19. The Morgan fingerprint density at radius 2 is 1.83 bits per heavy atom. The third-order valence-corrected chi connectivity index (χ3v) is 2.47. The molecule has 0 heterocycles. The van der Waals surface area contributed by atoms with Gasteiger partial charge in [0, 0.05) is 26.2 Å². The molecule has 0 saturated heterocycles. The molecule has 0 rings (SSSR count). The topological polar surface area (TPSA) is 82.6 Å². The molecule has 0 aliphatic heterocycles. The van der Waals surface area contributed by atoms with Gasteiger partial charge in [-0.05, 0) is 12.8 Å². The standard InChI is InChI=1S/C10H24N4O2S.HI/c1-5-11-10(13-8-9(2)3)12-6-7-14-17(4,15)16;/h9,14H,5-8H2,1-4H3,(H2,11,12,13);1H. The zero-order valence-corrected chi connectivity index (χ0v) is 14.6. The summed E-state index contributed by atoms with van der Waals surface area (Å²) in [6.45, 7) is 8.57. The van der Waals surface area contributed by atoms with Crippen LogP contribution in [0, 0.1) is 5.92 Å². The molecular weight excluding hydrogens is 367 g/mol. The third kappa shape index (κ3) is 14.0. The van der Waals surface area contributed by atoms with E-state index >= 15 is 0 Å². The van der Waals surface area contributed by atoms with E-state index in [0.717, 1.165) is 25.3 Å². The Balaban J connectivity index is 0. The molecule has 0 bridgehead atoms. The lowest BCUT2D eigenvalue weighted by Crippen LogP contribution is -2.41. The van der Waals surface area contributed by atoms with Gasteiger partial charge in [0.05, 0.1) is 6.26 Å². The van der Waals surface area contributed by atoms with E-state index in [0.29, 0.717) is 19.0 Å². The number of aliphatic imine (C=N–C) groups is 1. The van der Waals surface area contributed by atoms with Crippen LogP contribution in [0.25, 0.3) is 0 Å². The molecule has 0 aromatic heterocycles. The number of nitrogens with zero attached hydrogens (tertiary/aromatic N) is 1. The molecule has 0 aromatic carbocycles. The van der Waals surface area contributed by atoms with Gasteiger partial charge in [0.15, 0.2) is 5.96 Å². The summed E-state index contributed by atoms with van der Waals surface area (Å²) in [6, 6.07) is 0. The molecule has 18 heavy (non-hydrogen) atoms. The van der Waals surface area contributed by atoms with Crippen molar-refractivity contribution in [1.29, 1.82) is 0 Å². The molecule has 6 nitrogen and oxygen atoms in total. The van der Waals surface area contributed by atoms with E-state index in [2.05, 4.69) is 34.2 Å². The maximum atomic E-state index is 10.8. The molecule has 0 aliphatic rings. The van der Waals surface area contributed by atoms with Crippen LogP contribution in [-0.2, 0) is 10.0 Å². The highest BCUT2D eigenvalue weighted by Crippen LogP contribution is 1.90. The normalized spacial score (nSPS) is 12.2. The molecule has 0 aromatic rings. The van der Waals surface area contributed by atoms with E-state index in [4.69, 9.17) is 0 Å². The minimum absolute atomic E-state index is 0. The molecular formula is C10H25IN4O2S. The van der Waals surface area contributed by atoms with Crippen LogP contribution in [0.3, 0.4) is 0 Å². The predicted molar refractivity (Wildman–Crippen MR) is 87.1 cm³/mol. The van der Waals surface area contributed by atoms with Crippen molar-refractivity contribution in [2.75, 3.05) is 32.4 Å². The second kappa shape index (κ2) is 10.8. The molecule has 0 radical (unpaired) electrons. The molecule has 8 heteroatoms. The highest BCUT2D eigenvalue weighted by atomic mass is 127. The van der Waals surface area contributed by atoms with E-state index in [9.17, 15) is 8.42 Å². The Hall–Kier alpha value is -0.0900. The summed E-state index contributed by atoms with van der Waals surface area (Å²) in [5, 5.41) is 6.16. The Kier molecular flexibility index (Phi) is 12.1. The van der Waals surface area contributed by atoms with Gasteiger partial charge in [-0.15, -0.1) is 24.0 Å². The maximum Gasteiger partial charge on any atom is 0.208 e. The van der Waals surface area contributed by atoms with Crippen molar-refractivity contribution in [3.63, 3.8) is 0 Å². The van der Waals surface area contributed by atoms with E-state index in [1.165, 1.54) is 0 Å². The van der Waals surface area contributed by atoms with Crippen LogP contribution < -0.4 is 15.4 Å². The Bertz CT molecular complexity index is 331. The van der Waals surface area contributed by atoms with Crippen molar-refractivity contribution in [3.05, 3.63) is 0 Å². The number of hydrogen-bond acceptors (Lipinski definition) is 3. The van der Waals surface area contributed by atoms with E-state index in [1.54, 1.807) is 0 Å². The second-order valence-corrected chi connectivity index (χ2v) is 6.04. The van der Waals surface area contributed by atoms with Crippen LogP contribution in [-0.4, -0.2) is 46.8 Å². The number of nitrogens with one attached hydrogen (secondary N) is 3. The summed E-state index contributed by atoms with van der Waals surface area (Å²) in [5.41, 5.74) is 0. The molecule has 0 fully saturated rings. The fraction of sp³-hybridized carbons (Fsp3) is 0.900. The Morgan fingerprint density at radius 3 is 2.28 bits per heavy atom. The number of sulfonamides is 1. The van der Waals surface area contributed by atoms with Gasteiger partial charge in [-0.25, -0.2) is 13.1 Å². The van der Waals surface area contributed by atoms with E-state index in [1.807, 2.05) is 6.92 Å². The number of guanidine groups is 1. The summed E-state index contributed by atoms with van der Waals surface area (Å²) in [6.07, 6.45) is 1.14. The number of halogens is 1. The highest BCUT2D eigenvalue weighted by molar-refractivity contribution is 14.0. The van der Waals surface area contributed by atoms with Crippen LogP contribution in [0.15, 0.2) is 4.99 Å². The van der Waals surface area contributed by atoms with E-state index < -0.39 is 10.0 Å². The summed E-state index contributed by atoms with van der Waals surface area (Å²) in [4.78, 5) is 4.36. The highest BCUT2D eigenvalue weighted by Gasteiger charge is 2.00. The SMILES string of the molecule is CCNC(=NCC(C)C)NCCNS(C)(=O)=O.I. The van der Waals surface area contributed by atoms with Crippen molar-refractivity contribution >= 4 is 40.0 Å². The van der Waals surface area contributed by atoms with Gasteiger partial charge in [0.25, 0.3) is 0 Å². The molecule has 3 N–H and O–H groups in total. The zero-order chi connectivity index (χ0) is 13.3. The summed E-state index contributed by atoms with van der Waals surface area (Å²) < 4.78 is 24.1. The van der Waals surface area contributed by atoms with Crippen molar-refractivity contribution in [2.45, 2.75) is 20.8 Å². The van der Waals surface area contributed by atoms with Gasteiger partial charge in [-0.2, -0.15) is 0 Å². The lowest BCUT2D eigenvalue weighted by atomic mass is 10.2. The zero-order valence-electron chi connectivity index (χ0n) is 11.5. The van der Waals surface area contributed by atoms with Crippen molar-refractivity contribution in [3.8, 4) is 0 Å². The average molecular weight is 392 g/mol. The molecule has 0 amide bonds. The van der Waals surface area contributed by atoms with Gasteiger partial charge in [-0.1, -0.05) is 13.8 Å². The van der Waals surface area contributed by atoms with Gasteiger partial charge >= 0.3 is 0 Å². The first kappa shape index (κ1) is 20.2. The minimum atomic E-state index is -3.11. The Labute approximate surface area is 127 Å². The van der Waals surface area contributed by atoms with Crippen molar-refractivity contribution < 1.29 is 8.42 Å². The quantitative estimate of drug-likeness (QED) is 0.253. The largest absolute Gasteiger partial charge is 0.357 e. The first-order valence-corrected chi connectivity index (χ1v) is 7.71. The maximum absolute atomic E-state index is 10.8. The minimum Gasteiger partial charge on any atom is -0.357 e. The third-order valence-electron chi connectivity index (χ3n) is 1.74. The van der Waals surface area contributed by atoms with Gasteiger partial charge in [-0.3, -0.25) is 4.99 Å². The van der Waals surface area contributed by atoms with Crippen LogP contribution in [0.1, 0.15) is 20.8 Å². The van der Waals surface area contributed by atoms with E-state index in [-0.39, 0.29) is 24.0 Å². The van der Waals surface area contributed by atoms with Gasteiger partial charge in [0.1, 0.15) is 0 Å². The molecule has 0 atom stereocenters. The molecule has 0 saturated carbocycles. The summed E-state index contributed by atoms with van der Waals surface area (Å²) in [7, 11) is -3.11. The molecule has 110 valence electrons. The molecule has 0 unspecified atom stereocenters. The van der Waals surface area contributed by atoms with Gasteiger partial charge in [0.2, 0.25) is 10.0 Å². The lowest BCUT2D eigenvalue weighted by molar-refractivity contribution is 0.586. The lowest BCUT2D eigenvalue weighted by Gasteiger charge is -2.11. The summed E-state index contributed by atoms with van der Waals surface area (Å²) in [5.74, 6) is 1.22. The Morgan fingerprint density at radius 1 is 1.22 bits per heavy atom. The van der Waals surface area contributed by atoms with Crippen molar-refractivity contribution in [1.82, 2.24) is 15.4 Å². The van der Waals surface area contributed by atoms with Crippen LogP contribution in [0.2, 0.25) is 0 Å². The molecule has 0 spiro atoms. The number of hydrogen-bond donors (Lipinski definition) is 3. The predicted octanol–water partition coefficient (Wildman–Crippen LogP) is 0.365. The van der Waals surface area contributed by atoms with Crippen LogP contribution >= 0.6 is 24.0 Å². The van der Waals surface area contributed by atoms with Gasteiger partial charge < -0.3 is 10.6 Å². The second-order valence-electron chi connectivity index (χ2n) is 4.21. The molecule has 0 aliphatic carbocycles. The summed E-state index contributed by atoms with van der Waals surface area (Å²) >= 11 is 0. The van der Waals surface area contributed by atoms with Crippen molar-refractivity contribution in [2.24, 2.45) is 10.9 Å². The monoisotopic (exact) mass is 392 g/mol. The first-order chi connectivity index (χ1) is 7.85. The smallest absolute Gasteiger partial charge is 0.208 e. The van der Waals surface area contributed by atoms with Crippen LogP contribution in [0.4, 0.5) is 0 Å². The van der Waals surface area contributed by atoms with Crippen LogP contribution in [0.5, 0.6) is 0 Å². The first-order valence-electron chi connectivity index (χ1n) is 5.82. The number of rotatable bonds is 7. The fourth-order valence-electron chi connectivity index (χ4n) is 1.03.